The summed E-state index contributed by atoms with van der Waals surface area (Å²) in [7, 11) is 1.68. The molecule has 1 atom stereocenters. The van der Waals surface area contributed by atoms with Gasteiger partial charge in [0, 0.05) is 31.0 Å². The molecule has 4 nitrogen and oxygen atoms in total. The van der Waals surface area contributed by atoms with E-state index in [1.165, 1.54) is 27.9 Å². The SMILES string of the molecule is COCCOc1ccc2c(c1)OCC21CN(C(c2ccccc2)c2ccccc2)c2ccccc21. The van der Waals surface area contributed by atoms with Gasteiger partial charge < -0.3 is 19.1 Å². The summed E-state index contributed by atoms with van der Waals surface area (Å²) < 4.78 is 17.3. The first-order valence-corrected chi connectivity index (χ1v) is 12.2. The Morgan fingerprint density at radius 1 is 0.800 bits per heavy atom. The molecule has 4 aromatic carbocycles. The molecule has 1 unspecified atom stereocenters. The Kier molecular flexibility index (Phi) is 5.67. The first-order chi connectivity index (χ1) is 17.3. The maximum atomic E-state index is 6.34. The molecule has 0 bridgehead atoms. The summed E-state index contributed by atoms with van der Waals surface area (Å²) in [6.45, 7) is 2.54. The van der Waals surface area contributed by atoms with Crippen molar-refractivity contribution in [2.45, 2.75) is 11.5 Å². The third-order valence-electron chi connectivity index (χ3n) is 7.21. The van der Waals surface area contributed by atoms with Gasteiger partial charge in [0.25, 0.3) is 0 Å². The predicted octanol–water partition coefficient (Wildman–Crippen LogP) is 6.00. The van der Waals surface area contributed by atoms with Gasteiger partial charge in [0.05, 0.1) is 18.1 Å². The highest BCUT2D eigenvalue weighted by molar-refractivity contribution is 5.71. The normalized spacial score (nSPS) is 17.9. The second kappa shape index (κ2) is 9.12. The summed E-state index contributed by atoms with van der Waals surface area (Å²) in [6, 6.07) is 36.8. The quantitative estimate of drug-likeness (QED) is 0.315. The van der Waals surface area contributed by atoms with Crippen molar-refractivity contribution in [1.82, 2.24) is 0 Å². The lowest BCUT2D eigenvalue weighted by Crippen LogP contribution is -2.38. The summed E-state index contributed by atoms with van der Waals surface area (Å²) in [5.74, 6) is 1.72. The molecule has 0 saturated heterocycles. The van der Waals surface area contributed by atoms with Crippen LogP contribution in [-0.2, 0) is 10.2 Å². The van der Waals surface area contributed by atoms with E-state index in [4.69, 9.17) is 14.2 Å². The maximum absolute atomic E-state index is 6.34. The van der Waals surface area contributed by atoms with Crippen LogP contribution in [0.5, 0.6) is 11.5 Å². The van der Waals surface area contributed by atoms with Crippen molar-refractivity contribution in [1.29, 1.82) is 0 Å². The Labute approximate surface area is 206 Å². The highest BCUT2D eigenvalue weighted by atomic mass is 16.5. The van der Waals surface area contributed by atoms with Crippen LogP contribution in [0.1, 0.15) is 28.3 Å². The summed E-state index contributed by atoms with van der Waals surface area (Å²) >= 11 is 0. The minimum atomic E-state index is -0.223. The van der Waals surface area contributed by atoms with E-state index < -0.39 is 0 Å². The van der Waals surface area contributed by atoms with E-state index in [9.17, 15) is 0 Å². The van der Waals surface area contributed by atoms with E-state index in [0.29, 0.717) is 19.8 Å². The molecular weight excluding hydrogens is 434 g/mol. The summed E-state index contributed by atoms with van der Waals surface area (Å²) in [5.41, 5.74) is 6.16. The summed E-state index contributed by atoms with van der Waals surface area (Å²) in [6.07, 6.45) is 0. The standard InChI is InChI=1S/C31H29NO3/c1-33-18-19-34-25-16-17-27-29(20-25)35-22-31(27)21-32(28-15-9-8-14-26(28)31)30(23-10-4-2-5-11-23)24-12-6-3-7-13-24/h2-17,20,30H,18-19,21-22H2,1H3. The van der Waals surface area contributed by atoms with Crippen LogP contribution in [0.15, 0.2) is 103 Å². The van der Waals surface area contributed by atoms with Gasteiger partial charge in [0.15, 0.2) is 0 Å². The van der Waals surface area contributed by atoms with Gasteiger partial charge in [-0.3, -0.25) is 0 Å². The van der Waals surface area contributed by atoms with E-state index in [1.54, 1.807) is 7.11 Å². The molecule has 176 valence electrons. The second-order valence-electron chi connectivity index (χ2n) is 9.24. The number of benzene rings is 4. The third-order valence-corrected chi connectivity index (χ3v) is 7.21. The molecule has 0 saturated carbocycles. The minimum absolute atomic E-state index is 0.110. The van der Waals surface area contributed by atoms with E-state index in [1.807, 2.05) is 6.07 Å². The maximum Gasteiger partial charge on any atom is 0.127 e. The molecule has 2 heterocycles. The number of rotatable bonds is 7. The van der Waals surface area contributed by atoms with Crippen LogP contribution in [0.25, 0.3) is 0 Å². The minimum Gasteiger partial charge on any atom is -0.492 e. The van der Waals surface area contributed by atoms with Crippen LogP contribution in [0.2, 0.25) is 0 Å². The van der Waals surface area contributed by atoms with Crippen molar-refractivity contribution in [3.8, 4) is 11.5 Å². The summed E-state index contributed by atoms with van der Waals surface area (Å²) in [4.78, 5) is 2.56. The van der Waals surface area contributed by atoms with Gasteiger partial charge in [-0.1, -0.05) is 84.9 Å². The average molecular weight is 464 g/mol. The number of fused-ring (bicyclic) bond motifs is 4. The van der Waals surface area contributed by atoms with Gasteiger partial charge in [-0.2, -0.15) is 0 Å². The van der Waals surface area contributed by atoms with Crippen molar-refractivity contribution in [3.05, 3.63) is 125 Å². The Morgan fingerprint density at radius 2 is 1.49 bits per heavy atom. The molecule has 6 rings (SSSR count). The van der Waals surface area contributed by atoms with Gasteiger partial charge in [-0.05, 0) is 28.8 Å². The van der Waals surface area contributed by atoms with Crippen molar-refractivity contribution in [2.24, 2.45) is 0 Å². The van der Waals surface area contributed by atoms with E-state index in [0.717, 1.165) is 18.0 Å². The molecule has 2 aliphatic rings. The van der Waals surface area contributed by atoms with E-state index >= 15 is 0 Å². The van der Waals surface area contributed by atoms with Crippen LogP contribution in [-0.4, -0.2) is 33.5 Å². The van der Waals surface area contributed by atoms with Crippen LogP contribution < -0.4 is 14.4 Å². The van der Waals surface area contributed by atoms with Crippen molar-refractivity contribution >= 4 is 5.69 Å². The molecule has 35 heavy (non-hydrogen) atoms. The average Bonchev–Trinajstić information content (AvgIpc) is 3.44. The Hall–Kier alpha value is -3.76. The lowest BCUT2D eigenvalue weighted by molar-refractivity contribution is 0.146. The molecule has 0 fully saturated rings. The van der Waals surface area contributed by atoms with Gasteiger partial charge in [-0.25, -0.2) is 0 Å². The van der Waals surface area contributed by atoms with Gasteiger partial charge in [-0.15, -0.1) is 0 Å². The fourth-order valence-electron chi connectivity index (χ4n) is 5.63. The first kappa shape index (κ1) is 21.8. The lowest BCUT2D eigenvalue weighted by Gasteiger charge is -2.33. The number of nitrogens with zero attached hydrogens (tertiary/aromatic N) is 1. The molecule has 0 radical (unpaired) electrons. The monoisotopic (exact) mass is 463 g/mol. The predicted molar refractivity (Wildman–Crippen MR) is 139 cm³/mol. The van der Waals surface area contributed by atoms with Crippen LogP contribution >= 0.6 is 0 Å². The fourth-order valence-corrected chi connectivity index (χ4v) is 5.63. The molecule has 4 aromatic rings. The van der Waals surface area contributed by atoms with Crippen molar-refractivity contribution < 1.29 is 14.2 Å². The van der Waals surface area contributed by atoms with Crippen LogP contribution in [0.4, 0.5) is 5.69 Å². The zero-order valence-corrected chi connectivity index (χ0v) is 19.9. The Morgan fingerprint density at radius 3 is 2.20 bits per heavy atom. The largest absolute Gasteiger partial charge is 0.492 e. The summed E-state index contributed by atoms with van der Waals surface area (Å²) in [5, 5.41) is 0. The Balaban J connectivity index is 1.43. The molecule has 0 aliphatic carbocycles. The van der Waals surface area contributed by atoms with E-state index in [2.05, 4.69) is 102 Å². The third kappa shape index (κ3) is 3.75. The molecule has 0 amide bonds. The van der Waals surface area contributed by atoms with Gasteiger partial charge in [0.2, 0.25) is 0 Å². The van der Waals surface area contributed by atoms with Crippen molar-refractivity contribution in [3.63, 3.8) is 0 Å². The fraction of sp³-hybridized carbons (Fsp3) is 0.226. The number of anilines is 1. The van der Waals surface area contributed by atoms with Crippen LogP contribution in [0, 0.1) is 0 Å². The van der Waals surface area contributed by atoms with Gasteiger partial charge >= 0.3 is 0 Å². The highest BCUT2D eigenvalue weighted by Crippen LogP contribution is 2.54. The molecule has 0 N–H and O–H groups in total. The topological polar surface area (TPSA) is 30.9 Å². The smallest absolute Gasteiger partial charge is 0.127 e. The molecule has 0 aromatic heterocycles. The molecule has 4 heteroatoms. The van der Waals surface area contributed by atoms with E-state index in [-0.39, 0.29) is 11.5 Å². The molecular formula is C31H29NO3. The molecule has 1 spiro atoms. The Bertz CT molecular complexity index is 1270. The highest BCUT2D eigenvalue weighted by Gasteiger charge is 2.51. The number of methoxy groups -OCH3 is 1. The molecule has 2 aliphatic heterocycles. The zero-order valence-electron chi connectivity index (χ0n) is 19.9. The number of ether oxygens (including phenoxy) is 3. The lowest BCUT2D eigenvalue weighted by atomic mass is 9.78. The number of hydrogen-bond donors (Lipinski definition) is 0. The van der Waals surface area contributed by atoms with Crippen LogP contribution in [0.3, 0.4) is 0 Å². The number of hydrogen-bond acceptors (Lipinski definition) is 4. The first-order valence-electron chi connectivity index (χ1n) is 12.2. The zero-order chi connectivity index (χ0) is 23.7. The second-order valence-corrected chi connectivity index (χ2v) is 9.24. The number of para-hydroxylation sites is 1. The van der Waals surface area contributed by atoms with Gasteiger partial charge in [0.1, 0.15) is 24.7 Å². The van der Waals surface area contributed by atoms with Crippen molar-refractivity contribution in [2.75, 3.05) is 38.4 Å².